The largest absolute Gasteiger partial charge is 0.458 e. The van der Waals surface area contributed by atoms with Crippen molar-refractivity contribution in [3.8, 4) is 12.3 Å². The lowest BCUT2D eigenvalue weighted by Gasteiger charge is -2.16. The summed E-state index contributed by atoms with van der Waals surface area (Å²) in [7, 11) is -7.79. The summed E-state index contributed by atoms with van der Waals surface area (Å²) in [6.07, 6.45) is 11.8. The van der Waals surface area contributed by atoms with Crippen molar-refractivity contribution in [2.24, 2.45) is 21.3 Å². The molecule has 0 radical (unpaired) electrons. The van der Waals surface area contributed by atoms with E-state index in [4.69, 9.17) is 60.2 Å². The smallest absolute Gasteiger partial charge is 0.435 e. The van der Waals surface area contributed by atoms with Crippen molar-refractivity contribution in [1.82, 2.24) is 34.1 Å². The molecule has 0 amide bonds. The third-order valence-corrected chi connectivity index (χ3v) is 14.1. The third-order valence-electron chi connectivity index (χ3n) is 11.5. The first-order valence-electron chi connectivity index (χ1n) is 27.0. The van der Waals surface area contributed by atoms with Crippen molar-refractivity contribution >= 4 is 38.1 Å². The molecular formula is C52H74N18O17S2. The second-order valence-corrected chi connectivity index (χ2v) is 23.1. The van der Waals surface area contributed by atoms with E-state index in [1.54, 1.807) is 38.1 Å². The molecule has 0 saturated carbocycles. The number of esters is 1. The first kappa shape index (κ1) is 76.5. The van der Waals surface area contributed by atoms with Gasteiger partial charge in [0.05, 0.1) is 67.7 Å². The summed E-state index contributed by atoms with van der Waals surface area (Å²) >= 11 is 0. The first-order valence-corrected chi connectivity index (χ1v) is 29.8. The van der Waals surface area contributed by atoms with E-state index in [0.717, 1.165) is 17.5 Å². The maximum Gasteiger partial charge on any atom is 0.435 e. The molecule has 3 aromatic heterocycles. The van der Waals surface area contributed by atoms with Crippen LogP contribution in [0.1, 0.15) is 85.1 Å². The van der Waals surface area contributed by atoms with Crippen LogP contribution >= 0.6 is 0 Å². The van der Waals surface area contributed by atoms with Gasteiger partial charge in [0.25, 0.3) is 20.2 Å². The fourth-order valence-electron chi connectivity index (χ4n) is 6.80. The van der Waals surface area contributed by atoms with Crippen molar-refractivity contribution in [3.05, 3.63) is 148 Å². The van der Waals surface area contributed by atoms with Gasteiger partial charge in [-0.1, -0.05) is 99.0 Å². The molecule has 2 fully saturated rings. The highest BCUT2D eigenvalue weighted by molar-refractivity contribution is 7.87. The number of rotatable bonds is 24. The van der Waals surface area contributed by atoms with Crippen LogP contribution in [0.5, 0.6) is 0 Å². The maximum atomic E-state index is 12.4. The Balaban J connectivity index is 0.000000401. The van der Waals surface area contributed by atoms with Crippen LogP contribution in [0.25, 0.3) is 31.3 Å². The van der Waals surface area contributed by atoms with Gasteiger partial charge in [-0.2, -0.15) is 16.8 Å². The number of hydrogen-bond donors (Lipinski definition) is 1. The Hall–Kier alpha value is -8.62. The van der Waals surface area contributed by atoms with E-state index >= 15 is 0 Å². The van der Waals surface area contributed by atoms with Gasteiger partial charge < -0.3 is 49.0 Å². The van der Waals surface area contributed by atoms with Gasteiger partial charge in [0, 0.05) is 28.2 Å². The lowest BCUT2D eigenvalue weighted by molar-refractivity contribution is -0.396. The molecule has 1 N–H and O–H groups in total. The van der Waals surface area contributed by atoms with E-state index in [9.17, 15) is 41.9 Å². The molecule has 5 heterocycles. The highest BCUT2D eigenvalue weighted by atomic mass is 32.2. The fraction of sp³-hybridized carbons (Fsp3) is 0.558. The fourth-order valence-corrected chi connectivity index (χ4v) is 8.67. The maximum absolute atomic E-state index is 12.4. The number of aliphatic hydroxyl groups excluding tert-OH is 1. The van der Waals surface area contributed by atoms with Crippen molar-refractivity contribution in [2.75, 3.05) is 46.1 Å². The quantitative estimate of drug-likeness (QED) is 0.00888. The molecule has 35 nitrogen and oxygen atoms in total. The van der Waals surface area contributed by atoms with Gasteiger partial charge in [0.15, 0.2) is 11.6 Å². The number of azide groups is 3. The first-order chi connectivity index (χ1) is 41.9. The molecule has 2 aromatic carbocycles. The third kappa shape index (κ3) is 30.2. The zero-order valence-corrected chi connectivity index (χ0v) is 52.4. The summed E-state index contributed by atoms with van der Waals surface area (Å²) in [6.45, 7) is 19.8. The summed E-state index contributed by atoms with van der Waals surface area (Å²) in [5, 5.41) is 47.7. The minimum absolute atomic E-state index is 0.0188. The van der Waals surface area contributed by atoms with Gasteiger partial charge in [-0.15, -0.1) is 11.5 Å². The molecule has 0 bridgehead atoms. The van der Waals surface area contributed by atoms with Crippen molar-refractivity contribution < 1.29 is 68.6 Å². The number of aliphatic hydroxyl groups is 1. The van der Waals surface area contributed by atoms with E-state index in [-0.39, 0.29) is 66.7 Å². The number of hydrogen-bond acceptors (Lipinski definition) is 24. The molecule has 2 aliphatic heterocycles. The summed E-state index contributed by atoms with van der Waals surface area (Å²) < 4.78 is 89.2. The van der Waals surface area contributed by atoms with Crippen LogP contribution in [0.2, 0.25) is 0 Å². The van der Waals surface area contributed by atoms with Crippen molar-refractivity contribution in [3.63, 3.8) is 0 Å². The highest BCUT2D eigenvalue weighted by Crippen LogP contribution is 2.25. The van der Waals surface area contributed by atoms with Crippen LogP contribution in [0.3, 0.4) is 0 Å². The highest BCUT2D eigenvalue weighted by Gasteiger charge is 2.34. The Morgan fingerprint density at radius 3 is 1.76 bits per heavy atom. The summed E-state index contributed by atoms with van der Waals surface area (Å²) in [4.78, 5) is 46.5. The van der Waals surface area contributed by atoms with E-state index in [0.29, 0.717) is 44.3 Å². The Bertz CT molecular complexity index is 3400. The number of imidazole rings is 2. The van der Waals surface area contributed by atoms with Gasteiger partial charge in [0.1, 0.15) is 62.4 Å². The Morgan fingerprint density at radius 2 is 1.30 bits per heavy atom. The zero-order valence-electron chi connectivity index (χ0n) is 50.8. The number of nitrogens with zero attached hydrogens (tertiary/aromatic N) is 18. The second kappa shape index (κ2) is 38.6. The summed E-state index contributed by atoms with van der Waals surface area (Å²) in [5.41, 5.74) is 25.9. The molecule has 486 valence electrons. The molecule has 2 aliphatic rings. The Kier molecular flexibility index (Phi) is 33.2. The number of aromatic nitrogens is 7. The standard InChI is InChI=1S/C18H20N6O7S.C13H18O5S.C6H11N3O2.C6H5N3O2.C5H11N3.C4H9N3O/c1-13-3-5-17(6-4-13)32(28,29)30-12-16(31-14(2)25)11-23-10-15(20-21-23)9-22-8-7-19-18(22)24(26)27;1-10-4-6-12(7-5-10)19(14,15)17-9-11-8-16-13(2,3)18-11;1-6(2)10-4-5(11-6)3-8-9-7;1-2-4-8-5-3-7-6(8)9(10)11;1-3-5(2)4-7-8-6;1-2-4(8)3-6-7-5/h3-8,10,16H,9,11-12H2,1-2H3;4-7,11H,8-9H2,1-3H3;5H,3-4H2,1-2H3;1,3,5H,4H2;5H,3-4H2,1-2H3;4,8H,2-3H2,1H3. The van der Waals surface area contributed by atoms with Crippen LogP contribution in [-0.2, 0) is 76.7 Å². The lowest BCUT2D eigenvalue weighted by Crippen LogP contribution is -2.29. The number of terminal acetylenes is 1. The average Bonchev–Trinajstić information content (AvgIpc) is 2.81. The van der Waals surface area contributed by atoms with Crippen LogP contribution in [0.15, 0.2) is 105 Å². The molecule has 5 aromatic rings. The Labute approximate surface area is 514 Å². The number of nitro groups is 2. The van der Waals surface area contributed by atoms with Gasteiger partial charge >= 0.3 is 17.9 Å². The summed E-state index contributed by atoms with van der Waals surface area (Å²) in [6, 6.07) is 12.6. The van der Waals surface area contributed by atoms with Crippen LogP contribution in [-0.4, -0.2) is 154 Å². The normalized spacial score (nSPS) is 16.1. The molecule has 5 unspecified atom stereocenters. The average molecular weight is 1290 g/mol. The molecule has 0 aliphatic carbocycles. The number of benzene rings is 2. The van der Waals surface area contributed by atoms with Gasteiger partial charge in [-0.3, -0.25) is 13.2 Å². The molecule has 89 heavy (non-hydrogen) atoms. The zero-order chi connectivity index (χ0) is 66.8. The topological polar surface area (TPSA) is 469 Å². The van der Waals surface area contributed by atoms with Crippen LogP contribution < -0.4 is 0 Å². The van der Waals surface area contributed by atoms with Crippen molar-refractivity contribution in [1.29, 1.82) is 0 Å². The summed E-state index contributed by atoms with van der Waals surface area (Å²) in [5.74, 6) is 0.435. The van der Waals surface area contributed by atoms with Gasteiger partial charge in [-0.25, -0.2) is 13.8 Å². The molecule has 37 heteroatoms. The van der Waals surface area contributed by atoms with E-state index < -0.39 is 66.4 Å². The van der Waals surface area contributed by atoms with Crippen molar-refractivity contribution in [2.45, 2.75) is 147 Å². The lowest BCUT2D eigenvalue weighted by atomic mass is 10.1. The molecule has 7 rings (SSSR count). The van der Waals surface area contributed by atoms with Gasteiger partial charge in [0.2, 0.25) is 0 Å². The van der Waals surface area contributed by atoms with E-state index in [1.807, 2.05) is 34.6 Å². The number of aryl methyl sites for hydroxylation is 2. The Morgan fingerprint density at radius 1 is 0.809 bits per heavy atom. The molecule has 0 spiro atoms. The minimum atomic E-state index is -4.05. The predicted molar refractivity (Wildman–Crippen MR) is 318 cm³/mol. The number of carbonyl (C=O) groups is 1. The SMILES string of the molecule is C#CCn1ccnc1[N+](=O)[O-].CC(=O)OC(COS(=O)(=O)c1ccc(C)cc1)Cn1cc(Cn2ccnc2[N+](=O)[O-])nn1.CC1(C)OCC(CN=[N+]=[N-])O1.CCC(C)CN=[N+]=[N-].CCC(O)CN=[N+]=[N-].Cc1ccc(S(=O)(=O)OCC2COC(C)(C)O2)cc1. The number of ether oxygens (including phenoxy) is 5. The minimum Gasteiger partial charge on any atom is -0.458 e. The predicted octanol–water partition coefficient (Wildman–Crippen LogP) is 8.21. The number of carbonyl (C=O) groups excluding carboxylic acids is 1. The van der Waals surface area contributed by atoms with Crippen LogP contribution in [0.4, 0.5) is 11.9 Å². The molecule has 2 saturated heterocycles. The van der Waals surface area contributed by atoms with Gasteiger partial charge in [-0.05, 0) is 105 Å². The monoisotopic (exact) mass is 1290 g/mol. The molecule has 5 atom stereocenters. The van der Waals surface area contributed by atoms with Crippen LogP contribution in [0, 0.1) is 52.3 Å². The van der Waals surface area contributed by atoms with E-state index in [1.165, 1.54) is 76.0 Å². The van der Waals surface area contributed by atoms with E-state index in [2.05, 4.69) is 70.1 Å². The molecular weight excluding hydrogens is 1210 g/mol. The second-order valence-electron chi connectivity index (χ2n) is 19.9.